The minimum absolute atomic E-state index is 0.765. The molecule has 0 spiro atoms. The molecule has 0 bridgehead atoms. The lowest BCUT2D eigenvalue weighted by Crippen LogP contribution is -2.11. The van der Waals surface area contributed by atoms with Gasteiger partial charge in [-0.1, -0.05) is 0 Å². The third-order valence-corrected chi connectivity index (χ3v) is 2.67. The van der Waals surface area contributed by atoms with Gasteiger partial charge in [0, 0.05) is 19.8 Å². The van der Waals surface area contributed by atoms with Crippen LogP contribution in [0.15, 0.2) is 18.2 Å². The number of nitrogens with two attached hydrogens (primary N) is 1. The molecule has 0 saturated carbocycles. The molecular formula is C13H22N2O. The number of aryl methyl sites for hydroxylation is 1. The molecule has 0 atom stereocenters. The summed E-state index contributed by atoms with van der Waals surface area (Å²) in [4.78, 5) is 2.14. The third-order valence-electron chi connectivity index (χ3n) is 2.67. The summed E-state index contributed by atoms with van der Waals surface area (Å²) in [7, 11) is 5.83. The molecule has 3 heteroatoms. The van der Waals surface area contributed by atoms with Crippen molar-refractivity contribution >= 4 is 5.69 Å². The number of benzene rings is 1. The molecule has 0 heterocycles. The molecule has 3 nitrogen and oxygen atoms in total. The number of methoxy groups -OCH3 is 1. The first-order valence-corrected chi connectivity index (χ1v) is 5.73. The van der Waals surface area contributed by atoms with Crippen molar-refractivity contribution in [1.29, 1.82) is 0 Å². The maximum Gasteiger partial charge on any atom is 0.119 e. The molecule has 1 aromatic rings. The second-order valence-electron chi connectivity index (χ2n) is 4.13. The molecular weight excluding hydrogens is 200 g/mol. The summed E-state index contributed by atoms with van der Waals surface area (Å²) >= 11 is 0. The fourth-order valence-electron chi connectivity index (χ4n) is 1.79. The van der Waals surface area contributed by atoms with Crippen LogP contribution in [0.5, 0.6) is 5.75 Å². The average molecular weight is 222 g/mol. The van der Waals surface area contributed by atoms with Crippen LogP contribution in [0, 0.1) is 0 Å². The topological polar surface area (TPSA) is 38.5 Å². The van der Waals surface area contributed by atoms with Crippen LogP contribution in [-0.4, -0.2) is 27.7 Å². The largest absolute Gasteiger partial charge is 0.497 e. The Morgan fingerprint density at radius 2 is 2.00 bits per heavy atom. The number of unbranched alkanes of at least 4 members (excludes halogenated alkanes) is 1. The lowest BCUT2D eigenvalue weighted by molar-refractivity contribution is 0.414. The summed E-state index contributed by atoms with van der Waals surface area (Å²) in [6.07, 6.45) is 3.26. The van der Waals surface area contributed by atoms with E-state index in [4.69, 9.17) is 10.5 Å². The first-order chi connectivity index (χ1) is 7.69. The highest BCUT2D eigenvalue weighted by Crippen LogP contribution is 2.25. The van der Waals surface area contributed by atoms with Crippen LogP contribution >= 0.6 is 0 Å². The van der Waals surface area contributed by atoms with E-state index in [9.17, 15) is 0 Å². The van der Waals surface area contributed by atoms with Crippen LogP contribution < -0.4 is 15.4 Å². The molecule has 0 aliphatic heterocycles. The predicted molar refractivity (Wildman–Crippen MR) is 69.3 cm³/mol. The van der Waals surface area contributed by atoms with Crippen LogP contribution in [-0.2, 0) is 6.42 Å². The Labute approximate surface area is 98.2 Å². The highest BCUT2D eigenvalue weighted by molar-refractivity contribution is 5.55. The SMILES string of the molecule is COc1ccc(N(C)C)c(CCCCN)c1. The zero-order valence-corrected chi connectivity index (χ0v) is 10.5. The molecule has 0 aliphatic rings. The van der Waals surface area contributed by atoms with E-state index in [1.54, 1.807) is 7.11 Å². The normalized spacial score (nSPS) is 10.2. The molecule has 0 aromatic heterocycles. The Morgan fingerprint density at radius 1 is 1.25 bits per heavy atom. The van der Waals surface area contributed by atoms with Crippen LogP contribution in [0.1, 0.15) is 18.4 Å². The van der Waals surface area contributed by atoms with E-state index in [1.807, 2.05) is 6.07 Å². The summed E-state index contributed by atoms with van der Waals surface area (Å²) < 4.78 is 5.25. The molecule has 0 radical (unpaired) electrons. The first kappa shape index (κ1) is 12.8. The summed E-state index contributed by atoms with van der Waals surface area (Å²) in [6, 6.07) is 6.23. The Hall–Kier alpha value is -1.22. The Bertz CT molecular complexity index is 324. The summed E-state index contributed by atoms with van der Waals surface area (Å²) in [6.45, 7) is 0.765. The molecule has 16 heavy (non-hydrogen) atoms. The molecule has 90 valence electrons. The molecule has 0 aliphatic carbocycles. The quantitative estimate of drug-likeness (QED) is 0.749. The van der Waals surface area contributed by atoms with Crippen LogP contribution in [0.25, 0.3) is 0 Å². The maximum absolute atomic E-state index is 5.51. The van der Waals surface area contributed by atoms with Gasteiger partial charge in [-0.3, -0.25) is 0 Å². The van der Waals surface area contributed by atoms with Gasteiger partial charge >= 0.3 is 0 Å². The minimum Gasteiger partial charge on any atom is -0.497 e. The summed E-state index contributed by atoms with van der Waals surface area (Å²) in [5, 5.41) is 0. The number of hydrogen-bond donors (Lipinski definition) is 1. The van der Waals surface area contributed by atoms with E-state index < -0.39 is 0 Å². The van der Waals surface area contributed by atoms with Gasteiger partial charge in [0.15, 0.2) is 0 Å². The molecule has 1 rings (SSSR count). The summed E-state index contributed by atoms with van der Waals surface area (Å²) in [5.74, 6) is 0.924. The zero-order chi connectivity index (χ0) is 12.0. The number of hydrogen-bond acceptors (Lipinski definition) is 3. The van der Waals surface area contributed by atoms with E-state index in [-0.39, 0.29) is 0 Å². The van der Waals surface area contributed by atoms with Crippen molar-refractivity contribution in [2.45, 2.75) is 19.3 Å². The molecule has 1 aromatic carbocycles. The third kappa shape index (κ3) is 3.42. The van der Waals surface area contributed by atoms with Crippen molar-refractivity contribution in [3.8, 4) is 5.75 Å². The highest BCUT2D eigenvalue weighted by atomic mass is 16.5. The molecule has 0 saturated heterocycles. The van der Waals surface area contributed by atoms with Gasteiger partial charge in [0.1, 0.15) is 5.75 Å². The van der Waals surface area contributed by atoms with Gasteiger partial charge in [-0.2, -0.15) is 0 Å². The van der Waals surface area contributed by atoms with Crippen molar-refractivity contribution in [2.75, 3.05) is 32.6 Å². The number of anilines is 1. The molecule has 0 fully saturated rings. The Morgan fingerprint density at radius 3 is 2.56 bits per heavy atom. The van der Waals surface area contributed by atoms with E-state index in [0.717, 1.165) is 31.6 Å². The fraction of sp³-hybridized carbons (Fsp3) is 0.538. The molecule has 0 amide bonds. The Kier molecular flexibility index (Phi) is 5.12. The van der Waals surface area contributed by atoms with Crippen molar-refractivity contribution in [3.63, 3.8) is 0 Å². The zero-order valence-electron chi connectivity index (χ0n) is 10.5. The van der Waals surface area contributed by atoms with E-state index in [2.05, 4.69) is 31.1 Å². The molecule has 0 unspecified atom stereocenters. The number of rotatable bonds is 6. The average Bonchev–Trinajstić information content (AvgIpc) is 2.29. The fourth-order valence-corrected chi connectivity index (χ4v) is 1.79. The van der Waals surface area contributed by atoms with E-state index in [0.29, 0.717) is 0 Å². The lowest BCUT2D eigenvalue weighted by atomic mass is 10.0. The first-order valence-electron chi connectivity index (χ1n) is 5.73. The maximum atomic E-state index is 5.51. The Balaban J connectivity index is 2.83. The van der Waals surface area contributed by atoms with Crippen LogP contribution in [0.4, 0.5) is 5.69 Å². The van der Waals surface area contributed by atoms with Crippen LogP contribution in [0.2, 0.25) is 0 Å². The van der Waals surface area contributed by atoms with Gasteiger partial charge in [0.25, 0.3) is 0 Å². The number of nitrogens with zero attached hydrogens (tertiary/aromatic N) is 1. The summed E-state index contributed by atoms with van der Waals surface area (Å²) in [5.41, 5.74) is 8.10. The van der Waals surface area contributed by atoms with Crippen molar-refractivity contribution < 1.29 is 4.74 Å². The van der Waals surface area contributed by atoms with Gasteiger partial charge in [0.2, 0.25) is 0 Å². The van der Waals surface area contributed by atoms with Crippen molar-refractivity contribution in [1.82, 2.24) is 0 Å². The van der Waals surface area contributed by atoms with E-state index >= 15 is 0 Å². The monoisotopic (exact) mass is 222 g/mol. The van der Waals surface area contributed by atoms with Gasteiger partial charge in [0.05, 0.1) is 7.11 Å². The second-order valence-corrected chi connectivity index (χ2v) is 4.13. The van der Waals surface area contributed by atoms with Crippen molar-refractivity contribution in [3.05, 3.63) is 23.8 Å². The predicted octanol–water partition coefficient (Wildman–Crippen LogP) is 2.04. The van der Waals surface area contributed by atoms with Crippen LogP contribution in [0.3, 0.4) is 0 Å². The highest BCUT2D eigenvalue weighted by Gasteiger charge is 2.05. The number of ether oxygens (including phenoxy) is 1. The second kappa shape index (κ2) is 6.38. The standard InChI is InChI=1S/C13H22N2O/c1-15(2)13-8-7-12(16-3)10-11(13)6-4-5-9-14/h7-8,10H,4-6,9,14H2,1-3H3. The van der Waals surface area contributed by atoms with Gasteiger partial charge in [-0.15, -0.1) is 0 Å². The van der Waals surface area contributed by atoms with Gasteiger partial charge in [-0.05, 0) is 49.6 Å². The van der Waals surface area contributed by atoms with Crippen molar-refractivity contribution in [2.24, 2.45) is 5.73 Å². The molecule has 2 N–H and O–H groups in total. The smallest absolute Gasteiger partial charge is 0.119 e. The van der Waals surface area contributed by atoms with E-state index in [1.165, 1.54) is 11.3 Å². The lowest BCUT2D eigenvalue weighted by Gasteiger charge is -2.18. The van der Waals surface area contributed by atoms with Gasteiger partial charge < -0.3 is 15.4 Å². The minimum atomic E-state index is 0.765. The van der Waals surface area contributed by atoms with Gasteiger partial charge in [-0.25, -0.2) is 0 Å².